The van der Waals surface area contributed by atoms with Crippen molar-refractivity contribution in [1.29, 1.82) is 0 Å². The number of rotatable bonds is 1. The van der Waals surface area contributed by atoms with Gasteiger partial charge in [0.05, 0.1) is 5.56 Å². The number of benzene rings is 1. The molecule has 0 fully saturated rings. The van der Waals surface area contributed by atoms with Crippen LogP contribution in [-0.2, 0) is 0 Å². The molecule has 0 radical (unpaired) electrons. The zero-order chi connectivity index (χ0) is 8.55. The molecule has 1 aromatic heterocycles. The SMILES string of the molecule is NC(=[NH2+])c1csc2ccccc12. The molecule has 0 aliphatic rings. The Kier molecular flexibility index (Phi) is 1.59. The van der Waals surface area contributed by atoms with Gasteiger partial charge in [-0.2, -0.15) is 0 Å². The molecule has 3 heteroatoms. The first-order chi connectivity index (χ1) is 5.79. The van der Waals surface area contributed by atoms with Gasteiger partial charge in [-0.15, -0.1) is 11.3 Å². The highest BCUT2D eigenvalue weighted by atomic mass is 32.1. The second-order valence-electron chi connectivity index (χ2n) is 2.60. The lowest BCUT2D eigenvalue weighted by Gasteiger charge is -1.89. The number of hydrogen-bond acceptors (Lipinski definition) is 1. The normalized spacial score (nSPS) is 10.3. The van der Waals surface area contributed by atoms with Crippen molar-refractivity contribution < 1.29 is 5.41 Å². The zero-order valence-corrected chi connectivity index (χ0v) is 7.27. The topological polar surface area (TPSA) is 51.6 Å². The molecule has 0 bridgehead atoms. The summed E-state index contributed by atoms with van der Waals surface area (Å²) in [7, 11) is 0. The van der Waals surface area contributed by atoms with Gasteiger partial charge >= 0.3 is 0 Å². The Morgan fingerprint density at radius 1 is 1.33 bits per heavy atom. The van der Waals surface area contributed by atoms with Crippen LogP contribution >= 0.6 is 11.3 Å². The summed E-state index contributed by atoms with van der Waals surface area (Å²) in [6, 6.07) is 8.09. The predicted molar refractivity (Wildman–Crippen MR) is 52.0 cm³/mol. The summed E-state index contributed by atoms with van der Waals surface area (Å²) in [6.45, 7) is 0. The van der Waals surface area contributed by atoms with Gasteiger partial charge in [-0.25, -0.2) is 0 Å². The number of thiophene rings is 1. The van der Waals surface area contributed by atoms with Crippen molar-refractivity contribution in [2.45, 2.75) is 0 Å². The first kappa shape index (κ1) is 7.31. The van der Waals surface area contributed by atoms with E-state index in [-0.39, 0.29) is 0 Å². The molecular formula is C9H9N2S+. The minimum absolute atomic E-state index is 0.396. The van der Waals surface area contributed by atoms with Gasteiger partial charge in [0.1, 0.15) is 0 Å². The highest BCUT2D eigenvalue weighted by molar-refractivity contribution is 7.17. The Hall–Kier alpha value is -1.35. The Morgan fingerprint density at radius 3 is 2.83 bits per heavy atom. The maximum atomic E-state index is 5.53. The van der Waals surface area contributed by atoms with Crippen LogP contribution in [0.15, 0.2) is 29.6 Å². The third-order valence-electron chi connectivity index (χ3n) is 1.79. The fourth-order valence-electron chi connectivity index (χ4n) is 1.20. The van der Waals surface area contributed by atoms with Crippen LogP contribution in [0, 0.1) is 0 Å². The zero-order valence-electron chi connectivity index (χ0n) is 6.45. The second-order valence-corrected chi connectivity index (χ2v) is 3.51. The summed E-state index contributed by atoms with van der Waals surface area (Å²) in [5, 5.41) is 8.65. The maximum Gasteiger partial charge on any atom is 0.272 e. The first-order valence-electron chi connectivity index (χ1n) is 3.63. The quantitative estimate of drug-likeness (QED) is 0.480. The third-order valence-corrected chi connectivity index (χ3v) is 2.76. The van der Waals surface area contributed by atoms with E-state index in [0.717, 1.165) is 10.9 Å². The average Bonchev–Trinajstić information content (AvgIpc) is 2.47. The Bertz CT molecular complexity index is 431. The van der Waals surface area contributed by atoms with E-state index in [1.807, 2.05) is 23.6 Å². The van der Waals surface area contributed by atoms with Crippen LogP contribution in [0.3, 0.4) is 0 Å². The molecule has 1 aromatic carbocycles. The van der Waals surface area contributed by atoms with E-state index >= 15 is 0 Å². The average molecular weight is 177 g/mol. The van der Waals surface area contributed by atoms with E-state index in [4.69, 9.17) is 11.1 Å². The molecule has 2 aromatic rings. The van der Waals surface area contributed by atoms with Gasteiger partial charge in [-0.3, -0.25) is 11.1 Å². The number of nitrogens with two attached hydrogens (primary N) is 2. The summed E-state index contributed by atoms with van der Waals surface area (Å²) < 4.78 is 1.22. The van der Waals surface area contributed by atoms with Gasteiger partial charge in [0, 0.05) is 15.5 Å². The van der Waals surface area contributed by atoms with Crippen LogP contribution in [0.1, 0.15) is 5.56 Å². The Morgan fingerprint density at radius 2 is 2.08 bits per heavy atom. The van der Waals surface area contributed by atoms with E-state index in [2.05, 4.69) is 6.07 Å². The van der Waals surface area contributed by atoms with E-state index < -0.39 is 0 Å². The smallest absolute Gasteiger partial charge is 0.272 e. The summed E-state index contributed by atoms with van der Waals surface area (Å²) >= 11 is 1.66. The van der Waals surface area contributed by atoms with Crippen molar-refractivity contribution in [2.75, 3.05) is 0 Å². The Labute approximate surface area is 74.1 Å². The van der Waals surface area contributed by atoms with Crippen molar-refractivity contribution in [1.82, 2.24) is 0 Å². The maximum absolute atomic E-state index is 5.53. The van der Waals surface area contributed by atoms with Crippen LogP contribution in [0.2, 0.25) is 0 Å². The fourth-order valence-corrected chi connectivity index (χ4v) is 2.17. The first-order valence-corrected chi connectivity index (χ1v) is 4.51. The molecule has 12 heavy (non-hydrogen) atoms. The molecule has 0 aliphatic heterocycles. The van der Waals surface area contributed by atoms with Crippen molar-refractivity contribution >= 4 is 27.3 Å². The summed E-state index contributed by atoms with van der Waals surface area (Å²) in [4.78, 5) is 0. The van der Waals surface area contributed by atoms with E-state index in [1.54, 1.807) is 11.3 Å². The molecular weight excluding hydrogens is 168 g/mol. The molecule has 0 unspecified atom stereocenters. The highest BCUT2D eigenvalue weighted by Crippen LogP contribution is 2.24. The van der Waals surface area contributed by atoms with Crippen molar-refractivity contribution in [3.63, 3.8) is 0 Å². The monoisotopic (exact) mass is 177 g/mol. The standard InChI is InChI=1S/C9H8N2S/c10-9(11)7-5-12-8-4-2-1-3-6(7)8/h1-5H,(H3,10,11)/p+1. The lowest BCUT2D eigenvalue weighted by molar-refractivity contribution is -0.114. The molecule has 0 amide bonds. The second kappa shape index (κ2) is 2.60. The minimum atomic E-state index is 0.396. The van der Waals surface area contributed by atoms with Crippen LogP contribution in [0.4, 0.5) is 0 Å². The van der Waals surface area contributed by atoms with Gasteiger partial charge in [-0.1, -0.05) is 18.2 Å². The molecule has 60 valence electrons. The Balaban J connectivity index is 2.79. The van der Waals surface area contributed by atoms with Crippen LogP contribution in [-0.4, -0.2) is 5.84 Å². The van der Waals surface area contributed by atoms with Crippen LogP contribution in [0.5, 0.6) is 0 Å². The van der Waals surface area contributed by atoms with Gasteiger partial charge in [0.25, 0.3) is 5.84 Å². The molecule has 2 rings (SSSR count). The number of hydrogen-bond donors (Lipinski definition) is 2. The lowest BCUT2D eigenvalue weighted by atomic mass is 10.2. The molecule has 0 saturated heterocycles. The molecule has 1 heterocycles. The molecule has 4 N–H and O–H groups in total. The van der Waals surface area contributed by atoms with Crippen LogP contribution < -0.4 is 11.1 Å². The molecule has 0 saturated carbocycles. The van der Waals surface area contributed by atoms with Crippen molar-refractivity contribution in [3.05, 3.63) is 35.2 Å². The largest absolute Gasteiger partial charge is 0.287 e. The fraction of sp³-hybridized carbons (Fsp3) is 0. The summed E-state index contributed by atoms with van der Waals surface area (Å²) in [5.74, 6) is 0.396. The predicted octanol–water partition coefficient (Wildman–Crippen LogP) is 0.366. The van der Waals surface area contributed by atoms with Gasteiger partial charge in [-0.05, 0) is 6.07 Å². The van der Waals surface area contributed by atoms with Crippen molar-refractivity contribution in [3.8, 4) is 0 Å². The van der Waals surface area contributed by atoms with Gasteiger partial charge in [0.15, 0.2) is 0 Å². The minimum Gasteiger partial charge on any atom is -0.287 e. The van der Waals surface area contributed by atoms with Crippen molar-refractivity contribution in [2.24, 2.45) is 5.73 Å². The molecule has 0 spiro atoms. The highest BCUT2D eigenvalue weighted by Gasteiger charge is 2.08. The number of amidine groups is 1. The number of fused-ring (bicyclic) bond motifs is 1. The lowest BCUT2D eigenvalue weighted by Crippen LogP contribution is -2.46. The van der Waals surface area contributed by atoms with E-state index in [1.165, 1.54) is 4.70 Å². The molecule has 0 atom stereocenters. The molecule has 2 nitrogen and oxygen atoms in total. The third kappa shape index (κ3) is 0.987. The molecule has 0 aliphatic carbocycles. The van der Waals surface area contributed by atoms with E-state index in [9.17, 15) is 0 Å². The summed E-state index contributed by atoms with van der Waals surface area (Å²) in [6.07, 6.45) is 0. The van der Waals surface area contributed by atoms with Gasteiger partial charge in [0.2, 0.25) is 0 Å². The van der Waals surface area contributed by atoms with Gasteiger partial charge < -0.3 is 0 Å². The van der Waals surface area contributed by atoms with Crippen LogP contribution in [0.25, 0.3) is 10.1 Å². The van der Waals surface area contributed by atoms with E-state index in [0.29, 0.717) is 5.84 Å². The summed E-state index contributed by atoms with van der Waals surface area (Å²) in [5.41, 5.74) is 6.48.